The summed E-state index contributed by atoms with van der Waals surface area (Å²) in [7, 11) is 0. The first-order valence-electron chi connectivity index (χ1n) is 5.27. The Morgan fingerprint density at radius 2 is 2.00 bits per heavy atom. The van der Waals surface area contributed by atoms with E-state index in [0.29, 0.717) is 11.8 Å². The van der Waals surface area contributed by atoms with Gasteiger partial charge in [-0.1, -0.05) is 20.8 Å². The quantitative estimate of drug-likeness (QED) is 0.703. The lowest BCUT2D eigenvalue weighted by Gasteiger charge is -2.32. The maximum Gasteiger partial charge on any atom is 0.0488 e. The summed E-state index contributed by atoms with van der Waals surface area (Å²) in [6.07, 6.45) is 2.21. The van der Waals surface area contributed by atoms with Gasteiger partial charge >= 0.3 is 0 Å². The van der Waals surface area contributed by atoms with Crippen molar-refractivity contribution < 1.29 is 10.2 Å². The predicted octanol–water partition coefficient (Wildman–Crippen LogP) is 1.66. The summed E-state index contributed by atoms with van der Waals surface area (Å²) in [4.78, 5) is 0. The summed E-state index contributed by atoms with van der Waals surface area (Å²) in [6.45, 7) is 6.94. The summed E-state index contributed by atoms with van der Waals surface area (Å²) in [5.74, 6) is 1.49. The molecule has 1 aliphatic carbocycles. The second-order valence-electron chi connectivity index (χ2n) is 5.05. The molecule has 0 aromatic rings. The average Bonchev–Trinajstić information content (AvgIpc) is 2.43. The monoisotopic (exact) mass is 186 g/mol. The summed E-state index contributed by atoms with van der Waals surface area (Å²) >= 11 is 0. The zero-order valence-corrected chi connectivity index (χ0v) is 8.95. The highest BCUT2D eigenvalue weighted by atomic mass is 16.3. The molecule has 1 rings (SSSR count). The van der Waals surface area contributed by atoms with Crippen LogP contribution in [0.15, 0.2) is 0 Å². The number of hydrogen-bond acceptors (Lipinski definition) is 2. The van der Waals surface area contributed by atoms with Crippen molar-refractivity contribution in [3.63, 3.8) is 0 Å². The second kappa shape index (κ2) is 3.97. The Morgan fingerprint density at radius 1 is 1.38 bits per heavy atom. The van der Waals surface area contributed by atoms with Crippen LogP contribution in [0.1, 0.15) is 33.6 Å². The molecule has 2 N–H and O–H groups in total. The first-order valence-corrected chi connectivity index (χ1v) is 5.27. The third-order valence-electron chi connectivity index (χ3n) is 3.87. The molecule has 3 atom stereocenters. The summed E-state index contributed by atoms with van der Waals surface area (Å²) in [6, 6.07) is 0. The number of rotatable bonds is 3. The number of hydrogen-bond donors (Lipinski definition) is 2. The summed E-state index contributed by atoms with van der Waals surface area (Å²) in [5, 5.41) is 18.7. The zero-order chi connectivity index (χ0) is 10.1. The van der Waals surface area contributed by atoms with Gasteiger partial charge in [0.05, 0.1) is 0 Å². The van der Waals surface area contributed by atoms with Crippen LogP contribution in [-0.2, 0) is 0 Å². The molecule has 13 heavy (non-hydrogen) atoms. The van der Waals surface area contributed by atoms with Gasteiger partial charge < -0.3 is 10.2 Å². The maximum absolute atomic E-state index is 9.34. The van der Waals surface area contributed by atoms with Gasteiger partial charge in [-0.05, 0) is 36.0 Å². The van der Waals surface area contributed by atoms with Crippen LogP contribution in [0, 0.1) is 23.2 Å². The highest BCUT2D eigenvalue weighted by Gasteiger charge is 2.45. The molecule has 0 aliphatic heterocycles. The van der Waals surface area contributed by atoms with Crippen molar-refractivity contribution in [1.82, 2.24) is 0 Å². The predicted molar refractivity (Wildman–Crippen MR) is 53.3 cm³/mol. The van der Waals surface area contributed by atoms with Gasteiger partial charge in [0, 0.05) is 13.2 Å². The molecule has 2 nitrogen and oxygen atoms in total. The zero-order valence-electron chi connectivity index (χ0n) is 8.95. The second-order valence-corrected chi connectivity index (χ2v) is 5.05. The Kier molecular flexibility index (Phi) is 3.36. The molecule has 0 spiro atoms. The van der Waals surface area contributed by atoms with E-state index in [9.17, 15) is 10.2 Å². The Labute approximate surface area is 81.0 Å². The molecule has 0 heterocycles. The average molecular weight is 186 g/mol. The van der Waals surface area contributed by atoms with Crippen LogP contribution in [-0.4, -0.2) is 23.4 Å². The fourth-order valence-corrected chi connectivity index (χ4v) is 2.75. The van der Waals surface area contributed by atoms with E-state index >= 15 is 0 Å². The van der Waals surface area contributed by atoms with Gasteiger partial charge in [-0.3, -0.25) is 0 Å². The molecule has 0 radical (unpaired) electrons. The molecule has 0 aromatic carbocycles. The van der Waals surface area contributed by atoms with Gasteiger partial charge in [-0.15, -0.1) is 0 Å². The first-order chi connectivity index (χ1) is 6.05. The molecule has 78 valence electrons. The minimum Gasteiger partial charge on any atom is -0.396 e. The SMILES string of the molecule is CC(C)C1CCC(C)(CO)C1CO. The Morgan fingerprint density at radius 3 is 2.38 bits per heavy atom. The van der Waals surface area contributed by atoms with Gasteiger partial charge in [0.1, 0.15) is 0 Å². The van der Waals surface area contributed by atoms with Crippen molar-refractivity contribution in [3.8, 4) is 0 Å². The van der Waals surface area contributed by atoms with Crippen LogP contribution < -0.4 is 0 Å². The van der Waals surface area contributed by atoms with Gasteiger partial charge in [0.2, 0.25) is 0 Å². The van der Waals surface area contributed by atoms with E-state index in [2.05, 4.69) is 20.8 Å². The van der Waals surface area contributed by atoms with Gasteiger partial charge in [0.15, 0.2) is 0 Å². The minimum absolute atomic E-state index is 0.0380. The van der Waals surface area contributed by atoms with Crippen LogP contribution in [0.4, 0.5) is 0 Å². The van der Waals surface area contributed by atoms with Crippen LogP contribution in [0.5, 0.6) is 0 Å². The fraction of sp³-hybridized carbons (Fsp3) is 1.00. The van der Waals surface area contributed by atoms with E-state index in [1.165, 1.54) is 0 Å². The third kappa shape index (κ3) is 1.89. The largest absolute Gasteiger partial charge is 0.396 e. The van der Waals surface area contributed by atoms with Crippen LogP contribution >= 0.6 is 0 Å². The molecule has 0 aromatic heterocycles. The van der Waals surface area contributed by atoms with E-state index in [-0.39, 0.29) is 24.5 Å². The Bertz CT molecular complexity index is 167. The molecule has 3 unspecified atom stereocenters. The lowest BCUT2D eigenvalue weighted by atomic mass is 9.75. The standard InChI is InChI=1S/C11H22O2/c1-8(2)9-4-5-11(3,7-13)10(9)6-12/h8-10,12-13H,4-7H2,1-3H3. The van der Waals surface area contributed by atoms with Gasteiger partial charge in [0.25, 0.3) is 0 Å². The van der Waals surface area contributed by atoms with E-state index in [4.69, 9.17) is 0 Å². The third-order valence-corrected chi connectivity index (χ3v) is 3.87. The molecular formula is C11H22O2. The van der Waals surface area contributed by atoms with Crippen LogP contribution in [0.3, 0.4) is 0 Å². The van der Waals surface area contributed by atoms with E-state index < -0.39 is 0 Å². The topological polar surface area (TPSA) is 40.5 Å². The molecule has 1 fully saturated rings. The van der Waals surface area contributed by atoms with Gasteiger partial charge in [-0.25, -0.2) is 0 Å². The molecule has 2 heteroatoms. The fourth-order valence-electron chi connectivity index (χ4n) is 2.75. The van der Waals surface area contributed by atoms with Crippen molar-refractivity contribution in [2.24, 2.45) is 23.2 Å². The van der Waals surface area contributed by atoms with Crippen molar-refractivity contribution in [2.75, 3.05) is 13.2 Å². The molecule has 1 saturated carbocycles. The highest BCUT2D eigenvalue weighted by molar-refractivity contribution is 4.94. The lowest BCUT2D eigenvalue weighted by Crippen LogP contribution is -2.33. The number of aliphatic hydroxyl groups excluding tert-OH is 2. The smallest absolute Gasteiger partial charge is 0.0488 e. The van der Waals surface area contributed by atoms with Gasteiger partial charge in [-0.2, -0.15) is 0 Å². The Balaban J connectivity index is 2.74. The van der Waals surface area contributed by atoms with Crippen molar-refractivity contribution in [3.05, 3.63) is 0 Å². The van der Waals surface area contributed by atoms with Crippen molar-refractivity contribution in [1.29, 1.82) is 0 Å². The molecule has 0 bridgehead atoms. The van der Waals surface area contributed by atoms with E-state index in [1.54, 1.807) is 0 Å². The normalized spacial score (nSPS) is 40.2. The number of aliphatic hydroxyl groups is 2. The van der Waals surface area contributed by atoms with Crippen LogP contribution in [0.2, 0.25) is 0 Å². The minimum atomic E-state index is -0.0380. The molecule has 1 aliphatic rings. The Hall–Kier alpha value is -0.0800. The molecule has 0 saturated heterocycles. The molecule has 0 amide bonds. The van der Waals surface area contributed by atoms with Crippen LogP contribution in [0.25, 0.3) is 0 Å². The summed E-state index contributed by atoms with van der Waals surface area (Å²) in [5.41, 5.74) is -0.0380. The van der Waals surface area contributed by atoms with Crippen molar-refractivity contribution in [2.45, 2.75) is 33.6 Å². The van der Waals surface area contributed by atoms with E-state index in [1.807, 2.05) is 0 Å². The van der Waals surface area contributed by atoms with E-state index in [0.717, 1.165) is 12.8 Å². The maximum atomic E-state index is 9.34. The first kappa shape index (κ1) is 11.0. The molecular weight excluding hydrogens is 164 g/mol. The van der Waals surface area contributed by atoms with Crippen molar-refractivity contribution >= 4 is 0 Å². The lowest BCUT2D eigenvalue weighted by molar-refractivity contribution is 0.0394. The summed E-state index contributed by atoms with van der Waals surface area (Å²) < 4.78 is 0. The highest BCUT2D eigenvalue weighted by Crippen LogP contribution is 2.48.